The molecule has 2 fully saturated rings. The van der Waals surface area contributed by atoms with Gasteiger partial charge in [0.25, 0.3) is 0 Å². The van der Waals surface area contributed by atoms with Gasteiger partial charge in [-0.2, -0.15) is 0 Å². The molecular formula is C23H31NO5. The molecule has 1 saturated carbocycles. The van der Waals surface area contributed by atoms with Crippen LogP contribution in [-0.4, -0.2) is 40.4 Å². The molecule has 1 aliphatic carbocycles. The Labute approximate surface area is 172 Å². The average molecular weight is 402 g/mol. The van der Waals surface area contributed by atoms with Gasteiger partial charge in [0.2, 0.25) is 0 Å². The van der Waals surface area contributed by atoms with Crippen molar-refractivity contribution in [1.29, 1.82) is 0 Å². The molecule has 0 aromatic heterocycles. The van der Waals surface area contributed by atoms with E-state index in [0.717, 1.165) is 31.1 Å². The summed E-state index contributed by atoms with van der Waals surface area (Å²) in [5.41, 5.74) is -0.434. The second-order valence-corrected chi connectivity index (χ2v) is 9.11. The number of rotatable bonds is 5. The van der Waals surface area contributed by atoms with Crippen LogP contribution in [0, 0.1) is 5.92 Å². The Morgan fingerprint density at radius 2 is 1.93 bits per heavy atom. The van der Waals surface area contributed by atoms with Gasteiger partial charge in [0.05, 0.1) is 5.54 Å². The fraction of sp³-hybridized carbons (Fsp3) is 0.609. The summed E-state index contributed by atoms with van der Waals surface area (Å²) in [5.74, 6) is -0.322. The zero-order chi connectivity index (χ0) is 21.1. The zero-order valence-electron chi connectivity index (χ0n) is 17.6. The molecule has 3 atom stereocenters. The van der Waals surface area contributed by atoms with Crippen molar-refractivity contribution in [2.45, 2.75) is 83.1 Å². The summed E-state index contributed by atoms with van der Waals surface area (Å²) in [6.07, 6.45) is 4.63. The molecule has 1 aromatic carbocycles. The van der Waals surface area contributed by atoms with Gasteiger partial charge in [-0.3, -0.25) is 4.90 Å². The molecule has 1 aromatic rings. The largest absolute Gasteiger partial charge is 0.458 e. The van der Waals surface area contributed by atoms with E-state index in [9.17, 15) is 14.4 Å². The molecule has 1 aliphatic heterocycles. The third kappa shape index (κ3) is 4.62. The minimum Gasteiger partial charge on any atom is -0.458 e. The lowest BCUT2D eigenvalue weighted by atomic mass is 9.72. The highest BCUT2D eigenvalue weighted by molar-refractivity contribution is 5.84. The molecule has 0 bridgehead atoms. The maximum atomic E-state index is 13.2. The van der Waals surface area contributed by atoms with E-state index in [2.05, 4.69) is 0 Å². The van der Waals surface area contributed by atoms with Gasteiger partial charge < -0.3 is 14.3 Å². The van der Waals surface area contributed by atoms with E-state index in [0.29, 0.717) is 12.8 Å². The van der Waals surface area contributed by atoms with E-state index in [4.69, 9.17) is 9.47 Å². The minimum absolute atomic E-state index is 0.100. The van der Waals surface area contributed by atoms with E-state index >= 15 is 0 Å². The van der Waals surface area contributed by atoms with Crippen LogP contribution in [-0.2, 0) is 25.7 Å². The van der Waals surface area contributed by atoms with Crippen LogP contribution in [0.25, 0.3) is 0 Å². The normalized spacial score (nSPS) is 26.5. The van der Waals surface area contributed by atoms with Crippen LogP contribution in [0.5, 0.6) is 0 Å². The molecule has 1 saturated heterocycles. The summed E-state index contributed by atoms with van der Waals surface area (Å²) in [5, 5.41) is 0. The smallest absolute Gasteiger partial charge is 0.411 e. The summed E-state index contributed by atoms with van der Waals surface area (Å²) in [6, 6.07) is 8.71. The van der Waals surface area contributed by atoms with Gasteiger partial charge in [0.1, 0.15) is 24.5 Å². The van der Waals surface area contributed by atoms with Crippen molar-refractivity contribution in [3.8, 4) is 0 Å². The van der Waals surface area contributed by atoms with Crippen molar-refractivity contribution in [2.75, 3.05) is 0 Å². The molecule has 6 heteroatoms. The van der Waals surface area contributed by atoms with E-state index in [1.54, 1.807) is 4.90 Å². The molecule has 0 N–H and O–H groups in total. The Balaban J connectivity index is 1.87. The molecule has 3 rings (SSSR count). The van der Waals surface area contributed by atoms with Gasteiger partial charge in [-0.25, -0.2) is 9.59 Å². The summed E-state index contributed by atoms with van der Waals surface area (Å²) in [4.78, 5) is 39.3. The van der Waals surface area contributed by atoms with Crippen molar-refractivity contribution in [1.82, 2.24) is 4.90 Å². The molecule has 29 heavy (non-hydrogen) atoms. The number of amides is 1. The monoisotopic (exact) mass is 401 g/mol. The van der Waals surface area contributed by atoms with Crippen LogP contribution < -0.4 is 0 Å². The van der Waals surface area contributed by atoms with E-state index < -0.39 is 29.2 Å². The first-order chi connectivity index (χ1) is 13.8. The van der Waals surface area contributed by atoms with Gasteiger partial charge in [-0.1, -0.05) is 43.2 Å². The number of carbonyl (C=O) groups is 3. The van der Waals surface area contributed by atoms with E-state index in [1.165, 1.54) is 0 Å². The minimum atomic E-state index is -0.722. The Bertz CT molecular complexity index is 741. The number of benzene rings is 1. The standard InChI is InChI=1S/C23H31NO5/c1-22(2,3)29-20(26)19-15-18-11-7-8-12-23(18,13-14-25)24(19)21(27)28-16-17-9-5-4-6-10-17/h4-6,9-10,14,18-19H,7-8,11-13,15-16H2,1-3H3/t18-,19-,23+/m0/s1. The number of hydrogen-bond donors (Lipinski definition) is 0. The van der Waals surface area contributed by atoms with Crippen molar-refractivity contribution in [2.24, 2.45) is 5.92 Å². The Kier molecular flexibility index (Phi) is 6.30. The average Bonchev–Trinajstić information content (AvgIpc) is 3.01. The zero-order valence-corrected chi connectivity index (χ0v) is 17.6. The lowest BCUT2D eigenvalue weighted by molar-refractivity contribution is -0.161. The van der Waals surface area contributed by atoms with Crippen molar-refractivity contribution in [3.05, 3.63) is 35.9 Å². The summed E-state index contributed by atoms with van der Waals surface area (Å²) < 4.78 is 11.2. The SMILES string of the molecule is CC(C)(C)OC(=O)[C@@H]1C[C@@H]2CCCC[C@]2(CC=O)N1C(=O)OCc1ccccc1. The molecule has 0 spiro atoms. The fourth-order valence-electron chi connectivity index (χ4n) is 4.81. The molecule has 0 unspecified atom stereocenters. The Morgan fingerprint density at radius 1 is 1.21 bits per heavy atom. The summed E-state index contributed by atoms with van der Waals surface area (Å²) in [6.45, 7) is 5.56. The highest BCUT2D eigenvalue weighted by Gasteiger charge is 2.58. The van der Waals surface area contributed by atoms with Crippen LogP contribution >= 0.6 is 0 Å². The predicted octanol–water partition coefficient (Wildman–Crippen LogP) is 4.26. The highest BCUT2D eigenvalue weighted by Crippen LogP contribution is 2.50. The molecule has 2 aliphatic rings. The third-order valence-electron chi connectivity index (χ3n) is 5.99. The lowest BCUT2D eigenvalue weighted by Crippen LogP contribution is -2.56. The highest BCUT2D eigenvalue weighted by atomic mass is 16.6. The van der Waals surface area contributed by atoms with Crippen molar-refractivity contribution in [3.63, 3.8) is 0 Å². The number of ether oxygens (including phenoxy) is 2. The molecule has 158 valence electrons. The Hall–Kier alpha value is -2.37. The molecule has 1 heterocycles. The summed E-state index contributed by atoms with van der Waals surface area (Å²) >= 11 is 0. The number of aldehydes is 1. The number of carbonyl (C=O) groups excluding carboxylic acids is 3. The molecular weight excluding hydrogens is 370 g/mol. The van der Waals surface area contributed by atoms with Gasteiger partial charge >= 0.3 is 12.1 Å². The first kappa shape index (κ1) is 21.3. The number of fused-ring (bicyclic) bond motifs is 1. The van der Waals surface area contributed by atoms with Crippen LogP contribution in [0.1, 0.15) is 64.9 Å². The van der Waals surface area contributed by atoms with Gasteiger partial charge in [-0.05, 0) is 51.5 Å². The molecule has 6 nitrogen and oxygen atoms in total. The van der Waals surface area contributed by atoms with Crippen LogP contribution in [0.15, 0.2) is 30.3 Å². The quantitative estimate of drug-likeness (QED) is 0.545. The third-order valence-corrected chi connectivity index (χ3v) is 5.99. The van der Waals surface area contributed by atoms with E-state index in [1.807, 2.05) is 51.1 Å². The van der Waals surface area contributed by atoms with Gasteiger partial charge in [-0.15, -0.1) is 0 Å². The summed E-state index contributed by atoms with van der Waals surface area (Å²) in [7, 11) is 0. The second-order valence-electron chi connectivity index (χ2n) is 9.11. The van der Waals surface area contributed by atoms with Gasteiger partial charge in [0, 0.05) is 6.42 Å². The lowest BCUT2D eigenvalue weighted by Gasteiger charge is -2.44. The molecule has 0 radical (unpaired) electrons. The Morgan fingerprint density at radius 3 is 2.59 bits per heavy atom. The number of esters is 1. The van der Waals surface area contributed by atoms with E-state index in [-0.39, 0.29) is 18.9 Å². The maximum Gasteiger partial charge on any atom is 0.411 e. The van der Waals surface area contributed by atoms with Crippen molar-refractivity contribution >= 4 is 18.3 Å². The number of likely N-dealkylation sites (tertiary alicyclic amines) is 1. The first-order valence-corrected chi connectivity index (χ1v) is 10.4. The van der Waals surface area contributed by atoms with Crippen molar-refractivity contribution < 1.29 is 23.9 Å². The number of nitrogens with zero attached hydrogens (tertiary/aromatic N) is 1. The van der Waals surface area contributed by atoms with Crippen LogP contribution in [0.3, 0.4) is 0 Å². The molecule has 1 amide bonds. The first-order valence-electron chi connectivity index (χ1n) is 10.4. The second kappa shape index (κ2) is 8.56. The maximum absolute atomic E-state index is 13.2. The van der Waals surface area contributed by atoms with Crippen LogP contribution in [0.4, 0.5) is 4.79 Å². The van der Waals surface area contributed by atoms with Gasteiger partial charge in [0.15, 0.2) is 0 Å². The topological polar surface area (TPSA) is 72.9 Å². The fourth-order valence-corrected chi connectivity index (χ4v) is 4.81. The number of hydrogen-bond acceptors (Lipinski definition) is 5. The van der Waals surface area contributed by atoms with Crippen LogP contribution in [0.2, 0.25) is 0 Å². The predicted molar refractivity (Wildman–Crippen MR) is 108 cm³/mol.